The summed E-state index contributed by atoms with van der Waals surface area (Å²) in [5, 5.41) is 11.0. The highest BCUT2D eigenvalue weighted by Crippen LogP contribution is 2.36. The topological polar surface area (TPSA) is 66.4 Å². The summed E-state index contributed by atoms with van der Waals surface area (Å²) in [6.07, 6.45) is 3.20. The van der Waals surface area contributed by atoms with Crippen molar-refractivity contribution in [2.45, 2.75) is 32.2 Å². The molecule has 1 unspecified atom stereocenters. The van der Waals surface area contributed by atoms with Gasteiger partial charge in [0.2, 0.25) is 6.41 Å². The first-order chi connectivity index (χ1) is 6.13. The average Bonchev–Trinajstić information content (AvgIpc) is 2.00. The molecule has 1 fully saturated rings. The van der Waals surface area contributed by atoms with E-state index in [4.69, 9.17) is 5.11 Å². The zero-order valence-corrected chi connectivity index (χ0v) is 7.69. The van der Waals surface area contributed by atoms with Crippen LogP contribution in [0.5, 0.6) is 0 Å². The van der Waals surface area contributed by atoms with Gasteiger partial charge in [-0.2, -0.15) is 0 Å². The van der Waals surface area contributed by atoms with Crippen molar-refractivity contribution in [2.75, 3.05) is 0 Å². The molecule has 1 saturated carbocycles. The third-order valence-electron chi connectivity index (χ3n) is 2.61. The highest BCUT2D eigenvalue weighted by molar-refractivity contribution is 5.76. The zero-order valence-electron chi connectivity index (χ0n) is 7.69. The van der Waals surface area contributed by atoms with E-state index in [1.165, 1.54) is 0 Å². The fraction of sp³-hybridized carbons (Fsp3) is 0.778. The van der Waals surface area contributed by atoms with Crippen molar-refractivity contribution >= 4 is 12.4 Å². The molecular formula is C9H15NO3. The Kier molecular flexibility index (Phi) is 3.28. The molecule has 4 heteroatoms. The van der Waals surface area contributed by atoms with Gasteiger partial charge in [0, 0.05) is 0 Å². The molecule has 13 heavy (non-hydrogen) atoms. The average molecular weight is 185 g/mol. The summed E-state index contributed by atoms with van der Waals surface area (Å²) in [5.41, 5.74) is 0. The van der Waals surface area contributed by atoms with Gasteiger partial charge in [0.15, 0.2) is 0 Å². The Balaban J connectivity index is 2.30. The van der Waals surface area contributed by atoms with E-state index in [2.05, 4.69) is 12.2 Å². The van der Waals surface area contributed by atoms with Crippen LogP contribution < -0.4 is 5.32 Å². The molecule has 0 bridgehead atoms. The Morgan fingerprint density at radius 3 is 2.69 bits per heavy atom. The number of carbonyl (C=O) groups is 2. The van der Waals surface area contributed by atoms with Crippen molar-refractivity contribution in [1.29, 1.82) is 0 Å². The standard InChI is InChI=1S/C9H15NO3/c1-6-2-7(3-6)4-8(9(12)13)10-5-11/h5-8H,2-4H2,1H3,(H,10,11)(H,12,13). The lowest BCUT2D eigenvalue weighted by Gasteiger charge is -2.34. The molecular weight excluding hydrogens is 170 g/mol. The van der Waals surface area contributed by atoms with E-state index < -0.39 is 12.0 Å². The Morgan fingerprint density at radius 1 is 1.69 bits per heavy atom. The number of rotatable bonds is 5. The summed E-state index contributed by atoms with van der Waals surface area (Å²) in [4.78, 5) is 20.7. The van der Waals surface area contributed by atoms with E-state index in [0.29, 0.717) is 18.7 Å². The summed E-state index contributed by atoms with van der Waals surface area (Å²) < 4.78 is 0. The number of carboxylic acid groups (broad SMARTS) is 1. The lowest BCUT2D eigenvalue weighted by atomic mass is 9.73. The fourth-order valence-electron chi connectivity index (χ4n) is 1.92. The molecule has 1 amide bonds. The van der Waals surface area contributed by atoms with Crippen LogP contribution in [0.15, 0.2) is 0 Å². The molecule has 4 nitrogen and oxygen atoms in total. The second-order valence-corrected chi connectivity index (χ2v) is 3.85. The van der Waals surface area contributed by atoms with Gasteiger partial charge in [0.1, 0.15) is 6.04 Å². The van der Waals surface area contributed by atoms with Crippen LogP contribution in [-0.4, -0.2) is 23.5 Å². The highest BCUT2D eigenvalue weighted by Gasteiger charge is 2.30. The van der Waals surface area contributed by atoms with Gasteiger partial charge in [-0.15, -0.1) is 0 Å². The highest BCUT2D eigenvalue weighted by atomic mass is 16.4. The van der Waals surface area contributed by atoms with Crippen LogP contribution in [0.4, 0.5) is 0 Å². The maximum Gasteiger partial charge on any atom is 0.326 e. The molecule has 1 atom stereocenters. The monoisotopic (exact) mass is 185 g/mol. The van der Waals surface area contributed by atoms with Crippen LogP contribution in [0.3, 0.4) is 0 Å². The van der Waals surface area contributed by atoms with E-state index >= 15 is 0 Å². The maximum atomic E-state index is 10.6. The van der Waals surface area contributed by atoms with Gasteiger partial charge in [-0.25, -0.2) is 4.79 Å². The molecule has 0 radical (unpaired) electrons. The number of nitrogens with one attached hydrogen (secondary N) is 1. The van der Waals surface area contributed by atoms with E-state index in [0.717, 1.165) is 18.8 Å². The van der Waals surface area contributed by atoms with Gasteiger partial charge in [-0.1, -0.05) is 6.92 Å². The molecule has 1 rings (SSSR count). The maximum absolute atomic E-state index is 10.6. The van der Waals surface area contributed by atoms with Gasteiger partial charge in [-0.3, -0.25) is 4.79 Å². The molecule has 1 aliphatic rings. The van der Waals surface area contributed by atoms with Gasteiger partial charge in [-0.05, 0) is 31.1 Å². The summed E-state index contributed by atoms with van der Waals surface area (Å²) >= 11 is 0. The third-order valence-corrected chi connectivity index (χ3v) is 2.61. The Bertz CT molecular complexity index is 199. The van der Waals surface area contributed by atoms with Crippen molar-refractivity contribution < 1.29 is 14.7 Å². The van der Waals surface area contributed by atoms with Gasteiger partial charge in [0.25, 0.3) is 0 Å². The lowest BCUT2D eigenvalue weighted by molar-refractivity contribution is -0.141. The smallest absolute Gasteiger partial charge is 0.326 e. The van der Waals surface area contributed by atoms with Crippen molar-refractivity contribution in [3.8, 4) is 0 Å². The van der Waals surface area contributed by atoms with Crippen LogP contribution >= 0.6 is 0 Å². The number of amides is 1. The summed E-state index contributed by atoms with van der Waals surface area (Å²) in [5.74, 6) is 0.255. The number of carbonyl (C=O) groups excluding carboxylic acids is 1. The minimum Gasteiger partial charge on any atom is -0.480 e. The SMILES string of the molecule is CC1CC(CC(NC=O)C(=O)O)C1. The first-order valence-electron chi connectivity index (χ1n) is 4.56. The van der Waals surface area contributed by atoms with E-state index in [9.17, 15) is 9.59 Å². The molecule has 0 aromatic rings. The largest absolute Gasteiger partial charge is 0.480 e. The van der Waals surface area contributed by atoms with Crippen LogP contribution in [0.1, 0.15) is 26.2 Å². The number of hydrogen-bond donors (Lipinski definition) is 2. The van der Waals surface area contributed by atoms with E-state index in [1.54, 1.807) is 0 Å². The van der Waals surface area contributed by atoms with Crippen molar-refractivity contribution in [3.05, 3.63) is 0 Å². The third kappa shape index (κ3) is 2.72. The molecule has 0 heterocycles. The Labute approximate surface area is 77.3 Å². The second kappa shape index (κ2) is 4.25. The van der Waals surface area contributed by atoms with Crippen molar-refractivity contribution in [3.63, 3.8) is 0 Å². The number of hydrogen-bond acceptors (Lipinski definition) is 2. The van der Waals surface area contributed by atoms with Gasteiger partial charge < -0.3 is 10.4 Å². The van der Waals surface area contributed by atoms with Crippen molar-refractivity contribution in [1.82, 2.24) is 5.32 Å². The van der Waals surface area contributed by atoms with Gasteiger partial charge in [0.05, 0.1) is 0 Å². The minimum atomic E-state index is -0.938. The lowest BCUT2D eigenvalue weighted by Crippen LogP contribution is -2.39. The van der Waals surface area contributed by atoms with Crippen LogP contribution in [-0.2, 0) is 9.59 Å². The molecule has 1 aliphatic carbocycles. The molecule has 2 N–H and O–H groups in total. The van der Waals surface area contributed by atoms with Crippen LogP contribution in [0.2, 0.25) is 0 Å². The summed E-state index contributed by atoms with van der Waals surface area (Å²) in [6.45, 7) is 2.15. The zero-order chi connectivity index (χ0) is 9.84. The predicted molar refractivity (Wildman–Crippen MR) is 47.1 cm³/mol. The molecule has 0 aromatic heterocycles. The predicted octanol–water partition coefficient (Wildman–Crippen LogP) is 0.622. The first kappa shape index (κ1) is 10.0. The molecule has 74 valence electrons. The Morgan fingerprint density at radius 2 is 2.31 bits per heavy atom. The first-order valence-corrected chi connectivity index (χ1v) is 4.56. The quantitative estimate of drug-likeness (QED) is 0.617. The number of carboxylic acids is 1. The van der Waals surface area contributed by atoms with Crippen LogP contribution in [0, 0.1) is 11.8 Å². The normalized spacial score (nSPS) is 28.7. The molecule has 0 saturated heterocycles. The van der Waals surface area contributed by atoms with E-state index in [1.807, 2.05) is 0 Å². The molecule has 0 aromatic carbocycles. The fourth-order valence-corrected chi connectivity index (χ4v) is 1.92. The second-order valence-electron chi connectivity index (χ2n) is 3.85. The summed E-state index contributed by atoms with van der Waals surface area (Å²) in [6, 6.07) is -0.699. The summed E-state index contributed by atoms with van der Waals surface area (Å²) in [7, 11) is 0. The van der Waals surface area contributed by atoms with Crippen LogP contribution in [0.25, 0.3) is 0 Å². The van der Waals surface area contributed by atoms with E-state index in [-0.39, 0.29) is 0 Å². The van der Waals surface area contributed by atoms with Gasteiger partial charge >= 0.3 is 5.97 Å². The van der Waals surface area contributed by atoms with Crippen molar-refractivity contribution in [2.24, 2.45) is 11.8 Å². The minimum absolute atomic E-state index is 0.459. The molecule has 0 spiro atoms. The Hall–Kier alpha value is -1.06. The molecule has 0 aliphatic heterocycles. The number of aliphatic carboxylic acids is 1.